The van der Waals surface area contributed by atoms with Crippen molar-refractivity contribution in [2.75, 3.05) is 19.0 Å². The van der Waals surface area contributed by atoms with Crippen LogP contribution in [0, 0.1) is 0 Å². The van der Waals surface area contributed by atoms with Gasteiger partial charge in [-0.05, 0) is 13.8 Å². The zero-order chi connectivity index (χ0) is 10.6. The van der Waals surface area contributed by atoms with Crippen LogP contribution in [0.1, 0.15) is 25.1 Å². The summed E-state index contributed by atoms with van der Waals surface area (Å²) in [6.45, 7) is 4.31. The van der Waals surface area contributed by atoms with Crippen molar-refractivity contribution in [1.29, 1.82) is 0 Å². The average Bonchev–Trinajstić information content (AvgIpc) is 2.53. The van der Waals surface area contributed by atoms with Crippen molar-refractivity contribution < 1.29 is 9.15 Å². The quantitative estimate of drug-likeness (QED) is 0.766. The van der Waals surface area contributed by atoms with Crippen LogP contribution in [-0.4, -0.2) is 30.0 Å². The molecule has 1 aromatic heterocycles. The molecule has 1 aromatic rings. The molecule has 6 heteroatoms. The molecular weight excluding hydrogens is 206 g/mol. The fourth-order valence-electron chi connectivity index (χ4n) is 0.956. The third-order valence-electron chi connectivity index (χ3n) is 1.57. The summed E-state index contributed by atoms with van der Waals surface area (Å²) in [4.78, 5) is 0. The van der Waals surface area contributed by atoms with Gasteiger partial charge < -0.3 is 14.5 Å². The number of alkyl halides is 1. The first kappa shape index (κ1) is 11.3. The maximum absolute atomic E-state index is 5.77. The highest BCUT2D eigenvalue weighted by Crippen LogP contribution is 2.19. The fraction of sp³-hybridized carbons (Fsp3) is 0.750. The SMILES string of the molecule is COCC(C)Nc1nnc(C(C)Cl)o1. The maximum atomic E-state index is 5.77. The van der Waals surface area contributed by atoms with Crippen LogP contribution < -0.4 is 5.32 Å². The largest absolute Gasteiger partial charge is 0.406 e. The normalized spacial score (nSPS) is 15.1. The predicted molar refractivity (Wildman–Crippen MR) is 53.5 cm³/mol. The number of hydrogen-bond acceptors (Lipinski definition) is 5. The van der Waals surface area contributed by atoms with E-state index < -0.39 is 0 Å². The molecule has 0 aliphatic heterocycles. The lowest BCUT2D eigenvalue weighted by molar-refractivity contribution is 0.189. The molecule has 2 atom stereocenters. The molecule has 0 spiro atoms. The zero-order valence-corrected chi connectivity index (χ0v) is 9.21. The van der Waals surface area contributed by atoms with E-state index in [9.17, 15) is 0 Å². The second-order valence-electron chi connectivity index (χ2n) is 3.06. The van der Waals surface area contributed by atoms with E-state index in [1.54, 1.807) is 14.0 Å². The third-order valence-corrected chi connectivity index (χ3v) is 1.75. The Morgan fingerprint density at radius 1 is 1.50 bits per heavy atom. The molecule has 1 rings (SSSR count). The molecule has 14 heavy (non-hydrogen) atoms. The summed E-state index contributed by atoms with van der Waals surface area (Å²) >= 11 is 5.77. The molecule has 0 radical (unpaired) electrons. The van der Waals surface area contributed by atoms with Crippen LogP contribution in [-0.2, 0) is 4.74 Å². The molecule has 0 saturated heterocycles. The maximum Gasteiger partial charge on any atom is 0.315 e. The number of hydrogen-bond donors (Lipinski definition) is 1. The van der Waals surface area contributed by atoms with Crippen molar-refractivity contribution in [3.05, 3.63) is 5.89 Å². The van der Waals surface area contributed by atoms with Crippen LogP contribution in [0.4, 0.5) is 6.01 Å². The lowest BCUT2D eigenvalue weighted by atomic mass is 10.4. The highest BCUT2D eigenvalue weighted by molar-refractivity contribution is 6.20. The first-order valence-electron chi connectivity index (χ1n) is 4.36. The molecule has 0 aliphatic carbocycles. The van der Waals surface area contributed by atoms with E-state index in [1.165, 1.54) is 0 Å². The van der Waals surface area contributed by atoms with Gasteiger partial charge in [0.05, 0.1) is 12.6 Å². The Hall–Kier alpha value is -0.810. The molecule has 5 nitrogen and oxygen atoms in total. The highest BCUT2D eigenvalue weighted by Gasteiger charge is 2.12. The summed E-state index contributed by atoms with van der Waals surface area (Å²) in [6.07, 6.45) is 0. The van der Waals surface area contributed by atoms with Gasteiger partial charge in [0.15, 0.2) is 0 Å². The van der Waals surface area contributed by atoms with Crippen LogP contribution in [0.5, 0.6) is 0 Å². The summed E-state index contributed by atoms with van der Waals surface area (Å²) in [7, 11) is 1.64. The Balaban J connectivity index is 2.51. The lowest BCUT2D eigenvalue weighted by Crippen LogP contribution is -2.20. The van der Waals surface area contributed by atoms with Crippen molar-refractivity contribution in [1.82, 2.24) is 10.2 Å². The average molecular weight is 220 g/mol. The van der Waals surface area contributed by atoms with Crippen molar-refractivity contribution in [2.45, 2.75) is 25.3 Å². The van der Waals surface area contributed by atoms with Crippen LogP contribution in [0.15, 0.2) is 4.42 Å². The van der Waals surface area contributed by atoms with Gasteiger partial charge in [-0.15, -0.1) is 16.7 Å². The van der Waals surface area contributed by atoms with Crippen molar-refractivity contribution >= 4 is 17.6 Å². The Morgan fingerprint density at radius 3 is 2.71 bits per heavy atom. The number of methoxy groups -OCH3 is 1. The molecule has 0 aromatic carbocycles. The zero-order valence-electron chi connectivity index (χ0n) is 8.45. The summed E-state index contributed by atoms with van der Waals surface area (Å²) in [5, 5.41) is 10.3. The Kier molecular flexibility index (Phi) is 4.16. The van der Waals surface area contributed by atoms with Gasteiger partial charge in [-0.25, -0.2) is 0 Å². The molecule has 1 heterocycles. The molecule has 0 amide bonds. The van der Waals surface area contributed by atoms with E-state index in [4.69, 9.17) is 20.8 Å². The lowest BCUT2D eigenvalue weighted by Gasteiger charge is -2.09. The Labute approximate surface area is 87.8 Å². The summed E-state index contributed by atoms with van der Waals surface area (Å²) in [6, 6.07) is 0.496. The van der Waals surface area contributed by atoms with Crippen molar-refractivity contribution in [2.24, 2.45) is 0 Å². The minimum atomic E-state index is -0.268. The molecular formula is C8H14ClN3O2. The van der Waals surface area contributed by atoms with Gasteiger partial charge in [0, 0.05) is 7.11 Å². The fourth-order valence-corrected chi connectivity index (χ4v) is 1.04. The molecule has 80 valence electrons. The molecule has 0 saturated carbocycles. The first-order chi connectivity index (χ1) is 6.63. The molecule has 1 N–H and O–H groups in total. The summed E-state index contributed by atoms with van der Waals surface area (Å²) in [5.41, 5.74) is 0. The predicted octanol–water partition coefficient (Wildman–Crippen LogP) is 1.82. The van der Waals surface area contributed by atoms with Gasteiger partial charge in [0.1, 0.15) is 5.38 Å². The van der Waals surface area contributed by atoms with Crippen LogP contribution >= 0.6 is 11.6 Å². The van der Waals surface area contributed by atoms with Crippen LogP contribution in [0.3, 0.4) is 0 Å². The van der Waals surface area contributed by atoms with E-state index in [-0.39, 0.29) is 11.4 Å². The molecule has 2 unspecified atom stereocenters. The minimum Gasteiger partial charge on any atom is -0.406 e. The summed E-state index contributed by atoms with van der Waals surface area (Å²) in [5.74, 6) is 0.416. The van der Waals surface area contributed by atoms with Crippen molar-refractivity contribution in [3.63, 3.8) is 0 Å². The Morgan fingerprint density at radius 2 is 2.21 bits per heavy atom. The van der Waals surface area contributed by atoms with Gasteiger partial charge in [0.25, 0.3) is 0 Å². The number of aromatic nitrogens is 2. The van der Waals surface area contributed by atoms with E-state index in [1.807, 2.05) is 6.92 Å². The van der Waals surface area contributed by atoms with Gasteiger partial charge >= 0.3 is 6.01 Å². The molecule has 0 fully saturated rings. The first-order valence-corrected chi connectivity index (χ1v) is 4.80. The second kappa shape index (κ2) is 5.17. The number of anilines is 1. The van der Waals surface area contributed by atoms with Crippen LogP contribution in [0.25, 0.3) is 0 Å². The van der Waals surface area contributed by atoms with E-state index in [0.29, 0.717) is 18.5 Å². The van der Waals surface area contributed by atoms with Gasteiger partial charge in [-0.2, -0.15) is 0 Å². The van der Waals surface area contributed by atoms with E-state index in [0.717, 1.165) is 0 Å². The van der Waals surface area contributed by atoms with Crippen LogP contribution in [0.2, 0.25) is 0 Å². The van der Waals surface area contributed by atoms with Gasteiger partial charge in [-0.1, -0.05) is 5.10 Å². The highest BCUT2D eigenvalue weighted by atomic mass is 35.5. The minimum absolute atomic E-state index is 0.124. The van der Waals surface area contributed by atoms with Crippen molar-refractivity contribution in [3.8, 4) is 0 Å². The second-order valence-corrected chi connectivity index (χ2v) is 3.72. The number of rotatable bonds is 5. The number of nitrogens with one attached hydrogen (secondary N) is 1. The third kappa shape index (κ3) is 3.16. The smallest absolute Gasteiger partial charge is 0.315 e. The standard InChI is InChI=1S/C8H14ClN3O2/c1-5(4-13-3)10-8-12-11-7(14-8)6(2)9/h5-6H,4H2,1-3H3,(H,10,12). The monoisotopic (exact) mass is 219 g/mol. The number of halogens is 1. The molecule has 0 aliphatic rings. The van der Waals surface area contributed by atoms with Gasteiger partial charge in [0.2, 0.25) is 5.89 Å². The van der Waals surface area contributed by atoms with Gasteiger partial charge in [-0.3, -0.25) is 0 Å². The Bertz CT molecular complexity index is 277. The topological polar surface area (TPSA) is 60.2 Å². The number of nitrogens with zero attached hydrogens (tertiary/aromatic N) is 2. The van der Waals surface area contributed by atoms with E-state index >= 15 is 0 Å². The molecule has 0 bridgehead atoms. The van der Waals surface area contributed by atoms with E-state index in [2.05, 4.69) is 15.5 Å². The summed E-state index contributed by atoms with van der Waals surface area (Å²) < 4.78 is 10.2. The number of ether oxygens (including phenoxy) is 1.